The maximum Gasteiger partial charge on any atom is 0.269 e. The average molecular weight is 619 g/mol. The van der Waals surface area contributed by atoms with Crippen molar-refractivity contribution in [3.8, 4) is 11.1 Å². The predicted octanol–water partition coefficient (Wildman–Crippen LogP) is 3.49. The van der Waals surface area contributed by atoms with Crippen LogP contribution in [0.3, 0.4) is 0 Å². The van der Waals surface area contributed by atoms with E-state index in [1.807, 2.05) is 31.3 Å². The van der Waals surface area contributed by atoms with Crippen LogP contribution in [-0.4, -0.2) is 65.8 Å². The number of rotatable bonds is 6. The summed E-state index contributed by atoms with van der Waals surface area (Å²) < 4.78 is 18.3. The third-order valence-electron chi connectivity index (χ3n) is 7.00. The lowest BCUT2D eigenvalue weighted by molar-refractivity contribution is -0.137. The maximum absolute atomic E-state index is 14.5. The van der Waals surface area contributed by atoms with Crippen molar-refractivity contribution in [2.75, 3.05) is 11.9 Å². The zero-order valence-electron chi connectivity index (χ0n) is 21.8. The van der Waals surface area contributed by atoms with Gasteiger partial charge in [-0.05, 0) is 42.8 Å². The zero-order valence-corrected chi connectivity index (χ0v) is 23.4. The predicted molar refractivity (Wildman–Crippen MR) is 153 cm³/mol. The molecule has 0 unspecified atom stereocenters. The van der Waals surface area contributed by atoms with Crippen LogP contribution in [0.2, 0.25) is 0 Å². The van der Waals surface area contributed by atoms with Gasteiger partial charge in [-0.2, -0.15) is 10.2 Å². The highest BCUT2D eigenvalue weighted by Crippen LogP contribution is 2.28. The molecular formula is C28H24BrFN8O3. The number of anilines is 1. The highest BCUT2D eigenvalue weighted by Gasteiger charge is 2.40. The molecule has 6 rings (SSSR count). The van der Waals surface area contributed by atoms with E-state index >= 15 is 0 Å². The number of likely N-dealkylation sites (tertiary alicyclic amines) is 1. The van der Waals surface area contributed by atoms with Crippen LogP contribution in [0.15, 0.2) is 65.4 Å². The highest BCUT2D eigenvalue weighted by atomic mass is 79.9. The zero-order chi connectivity index (χ0) is 28.8. The molecule has 5 aromatic rings. The number of aryl methyl sites for hydroxylation is 1. The first-order chi connectivity index (χ1) is 19.7. The number of carbonyl (C=O) groups excluding carboxylic acids is 3. The van der Waals surface area contributed by atoms with Gasteiger partial charge in [0.2, 0.25) is 11.8 Å². The number of aromatic nitrogens is 5. The van der Waals surface area contributed by atoms with Crippen molar-refractivity contribution in [1.29, 1.82) is 0 Å². The number of primary amides is 1. The van der Waals surface area contributed by atoms with Crippen LogP contribution in [0.1, 0.15) is 22.6 Å². The molecule has 0 radical (unpaired) electrons. The van der Waals surface area contributed by atoms with E-state index in [0.29, 0.717) is 22.2 Å². The average Bonchev–Trinajstić information content (AvgIpc) is 3.62. The van der Waals surface area contributed by atoms with E-state index in [1.54, 1.807) is 41.0 Å². The Hall–Kier alpha value is -4.65. The lowest BCUT2D eigenvalue weighted by Crippen LogP contribution is -2.44. The number of hydrogen-bond donors (Lipinski definition) is 2. The monoisotopic (exact) mass is 618 g/mol. The molecule has 1 aliphatic heterocycles. The minimum Gasteiger partial charge on any atom is -0.364 e. The summed E-state index contributed by atoms with van der Waals surface area (Å²) in [5.41, 5.74) is 9.68. The molecule has 1 aliphatic rings. The minimum atomic E-state index is -1.35. The standard InChI is InChI=1S/C28H24BrFN8O3/c1-15-7-24-32-11-17(12-38(24)34-15)16-5-6-22-21(8-16)26(27(31)40)35-37(22)14-25(39)36-13-19(30)10-23(36)28(41)33-20-4-2-3-18(29)9-20/h2-9,11-12,19,23H,10,13-14H2,1H3,(H2,31,40)(H,33,41)/t19-,23+/m1/s1. The Balaban J connectivity index is 1.28. The van der Waals surface area contributed by atoms with Gasteiger partial charge in [-0.1, -0.05) is 28.1 Å². The fourth-order valence-corrected chi connectivity index (χ4v) is 5.52. The molecule has 11 nitrogen and oxygen atoms in total. The van der Waals surface area contributed by atoms with Crippen LogP contribution in [-0.2, 0) is 16.1 Å². The van der Waals surface area contributed by atoms with Crippen molar-refractivity contribution in [2.45, 2.75) is 32.1 Å². The minimum absolute atomic E-state index is 0.00708. The van der Waals surface area contributed by atoms with Crippen LogP contribution >= 0.6 is 15.9 Å². The van der Waals surface area contributed by atoms with Gasteiger partial charge in [0, 0.05) is 46.0 Å². The summed E-state index contributed by atoms with van der Waals surface area (Å²) in [5.74, 6) is -1.75. The molecule has 0 bridgehead atoms. The van der Waals surface area contributed by atoms with Crippen LogP contribution in [0, 0.1) is 6.92 Å². The van der Waals surface area contributed by atoms with Crippen LogP contribution in [0.25, 0.3) is 27.7 Å². The Kier molecular flexibility index (Phi) is 6.73. The fourth-order valence-electron chi connectivity index (χ4n) is 5.13. The summed E-state index contributed by atoms with van der Waals surface area (Å²) in [7, 11) is 0. The normalized spacial score (nSPS) is 16.9. The molecule has 3 amide bonds. The first-order valence-electron chi connectivity index (χ1n) is 12.8. The number of nitrogens with two attached hydrogens (primary N) is 1. The van der Waals surface area contributed by atoms with Crippen molar-refractivity contribution in [2.24, 2.45) is 5.73 Å². The second kappa shape index (κ2) is 10.4. The highest BCUT2D eigenvalue weighted by molar-refractivity contribution is 9.10. The SMILES string of the molecule is Cc1cc2ncc(-c3ccc4c(c3)c(C(N)=O)nn4CC(=O)N3C[C@H](F)C[C@H]3C(=O)Nc3cccc(Br)c3)cn2n1. The molecule has 1 saturated heterocycles. The third-order valence-corrected chi connectivity index (χ3v) is 7.50. The van der Waals surface area contributed by atoms with Crippen molar-refractivity contribution < 1.29 is 18.8 Å². The van der Waals surface area contributed by atoms with Crippen molar-refractivity contribution in [1.82, 2.24) is 29.3 Å². The maximum atomic E-state index is 14.5. The number of halogens is 2. The van der Waals surface area contributed by atoms with Gasteiger partial charge in [0.25, 0.3) is 5.91 Å². The molecule has 2 atom stereocenters. The Bertz CT molecular complexity index is 1850. The molecule has 0 spiro atoms. The Labute approximate surface area is 241 Å². The van der Waals surface area contributed by atoms with Crippen LogP contribution in [0.5, 0.6) is 0 Å². The lowest BCUT2D eigenvalue weighted by Gasteiger charge is -2.23. The van der Waals surface area contributed by atoms with Crippen molar-refractivity contribution in [3.05, 3.63) is 76.8 Å². The molecule has 1 fully saturated rings. The number of nitrogens with one attached hydrogen (secondary N) is 1. The first-order valence-corrected chi connectivity index (χ1v) is 13.6. The van der Waals surface area contributed by atoms with Gasteiger partial charge < -0.3 is 16.0 Å². The van der Waals surface area contributed by atoms with Gasteiger partial charge in [-0.25, -0.2) is 13.9 Å². The van der Waals surface area contributed by atoms with E-state index in [4.69, 9.17) is 5.73 Å². The number of benzene rings is 2. The van der Waals surface area contributed by atoms with E-state index in [2.05, 4.69) is 36.4 Å². The third kappa shape index (κ3) is 5.15. The molecule has 4 heterocycles. The molecule has 2 aromatic carbocycles. The molecule has 3 aromatic heterocycles. The van der Waals surface area contributed by atoms with E-state index in [9.17, 15) is 18.8 Å². The Morgan fingerprint density at radius 2 is 1.95 bits per heavy atom. The van der Waals surface area contributed by atoms with Gasteiger partial charge >= 0.3 is 0 Å². The smallest absolute Gasteiger partial charge is 0.269 e. The van der Waals surface area contributed by atoms with Crippen molar-refractivity contribution >= 4 is 55.9 Å². The molecular weight excluding hydrogens is 595 g/mol. The van der Waals surface area contributed by atoms with Crippen LogP contribution < -0.4 is 11.1 Å². The Morgan fingerprint density at radius 3 is 2.73 bits per heavy atom. The number of amides is 3. The van der Waals surface area contributed by atoms with Crippen molar-refractivity contribution in [3.63, 3.8) is 0 Å². The van der Waals surface area contributed by atoms with Gasteiger partial charge in [-0.3, -0.25) is 19.1 Å². The molecule has 208 valence electrons. The summed E-state index contributed by atoms with van der Waals surface area (Å²) in [5, 5.41) is 11.9. The number of carbonyl (C=O) groups is 3. The van der Waals surface area contributed by atoms with Gasteiger partial charge in [0.1, 0.15) is 18.8 Å². The summed E-state index contributed by atoms with van der Waals surface area (Å²) >= 11 is 3.35. The van der Waals surface area contributed by atoms with E-state index < -0.39 is 29.9 Å². The largest absolute Gasteiger partial charge is 0.364 e. The molecule has 0 aliphatic carbocycles. The first kappa shape index (κ1) is 26.6. The Morgan fingerprint density at radius 1 is 1.12 bits per heavy atom. The number of nitrogens with zero attached hydrogens (tertiary/aromatic N) is 6. The molecule has 0 saturated carbocycles. The van der Waals surface area contributed by atoms with E-state index in [1.165, 1.54) is 9.58 Å². The molecule has 3 N–H and O–H groups in total. The summed E-state index contributed by atoms with van der Waals surface area (Å²) in [6.45, 7) is 1.35. The van der Waals surface area contributed by atoms with Gasteiger partial charge in [-0.15, -0.1) is 0 Å². The van der Waals surface area contributed by atoms with E-state index in [-0.39, 0.29) is 25.2 Å². The number of alkyl halides is 1. The molecule has 13 heteroatoms. The summed E-state index contributed by atoms with van der Waals surface area (Å²) in [4.78, 5) is 44.4. The fraction of sp³-hybridized carbons (Fsp3) is 0.214. The number of hydrogen-bond acceptors (Lipinski definition) is 6. The second-order valence-corrected chi connectivity index (χ2v) is 10.8. The topological polar surface area (TPSA) is 141 Å². The molecule has 41 heavy (non-hydrogen) atoms. The summed E-state index contributed by atoms with van der Waals surface area (Å²) in [6.07, 6.45) is 2.07. The quantitative estimate of drug-likeness (QED) is 0.298. The number of fused-ring (bicyclic) bond motifs is 2. The van der Waals surface area contributed by atoms with Gasteiger partial charge in [0.15, 0.2) is 11.3 Å². The van der Waals surface area contributed by atoms with Crippen LogP contribution in [0.4, 0.5) is 10.1 Å². The van der Waals surface area contributed by atoms with E-state index in [0.717, 1.165) is 21.3 Å². The summed E-state index contributed by atoms with van der Waals surface area (Å²) in [6, 6.07) is 13.2. The second-order valence-electron chi connectivity index (χ2n) is 9.93. The lowest BCUT2D eigenvalue weighted by atomic mass is 10.1. The van der Waals surface area contributed by atoms with Gasteiger partial charge in [0.05, 0.1) is 17.8 Å².